The van der Waals surface area contributed by atoms with E-state index in [0.29, 0.717) is 18.5 Å². The van der Waals surface area contributed by atoms with Crippen LogP contribution in [0.15, 0.2) is 59.6 Å². The molecule has 0 fully saturated rings. The first kappa shape index (κ1) is 21.3. The lowest BCUT2D eigenvalue weighted by atomic mass is 10.1. The van der Waals surface area contributed by atoms with Gasteiger partial charge in [0.15, 0.2) is 5.96 Å². The number of ether oxygens (including phenoxy) is 1. The van der Waals surface area contributed by atoms with Gasteiger partial charge < -0.3 is 15.8 Å². The zero-order valence-corrected chi connectivity index (χ0v) is 17.3. The molecule has 0 aliphatic heterocycles. The minimum absolute atomic E-state index is 0. The van der Waals surface area contributed by atoms with E-state index in [9.17, 15) is 0 Å². The van der Waals surface area contributed by atoms with Gasteiger partial charge in [-0.2, -0.15) is 0 Å². The lowest BCUT2D eigenvalue weighted by Crippen LogP contribution is -2.33. The largest absolute Gasteiger partial charge is 0.489 e. The van der Waals surface area contributed by atoms with Crippen molar-refractivity contribution in [3.05, 3.63) is 65.7 Å². The molecule has 136 valence electrons. The fourth-order valence-corrected chi connectivity index (χ4v) is 2.16. The van der Waals surface area contributed by atoms with Crippen molar-refractivity contribution in [2.75, 3.05) is 13.1 Å². The van der Waals surface area contributed by atoms with Gasteiger partial charge >= 0.3 is 0 Å². The standard InChI is InChI=1S/C20H27N3O.HI/c1-16(2)14-23-20(21)22-13-12-17-8-10-19(11-9-17)24-15-18-6-4-3-5-7-18;/h3-11,16H,12-15H2,1-2H3,(H3,21,22,23);1H. The number of hydrogen-bond donors (Lipinski definition) is 2. The fraction of sp³-hybridized carbons (Fsp3) is 0.350. The summed E-state index contributed by atoms with van der Waals surface area (Å²) in [4.78, 5) is 4.29. The molecule has 2 aromatic rings. The number of aliphatic imine (C=N–C) groups is 1. The van der Waals surface area contributed by atoms with Crippen LogP contribution >= 0.6 is 24.0 Å². The summed E-state index contributed by atoms with van der Waals surface area (Å²) in [7, 11) is 0. The minimum atomic E-state index is 0. The van der Waals surface area contributed by atoms with E-state index in [1.54, 1.807) is 0 Å². The van der Waals surface area contributed by atoms with Gasteiger partial charge in [0.05, 0.1) is 0 Å². The van der Waals surface area contributed by atoms with Gasteiger partial charge in [-0.3, -0.25) is 4.99 Å². The second kappa shape index (κ2) is 11.7. The number of rotatable bonds is 8. The fourth-order valence-electron chi connectivity index (χ4n) is 2.16. The van der Waals surface area contributed by atoms with Crippen molar-refractivity contribution in [2.24, 2.45) is 16.6 Å². The van der Waals surface area contributed by atoms with Crippen LogP contribution in [0.3, 0.4) is 0 Å². The Morgan fingerprint density at radius 2 is 1.72 bits per heavy atom. The Kier molecular flexibility index (Phi) is 9.99. The summed E-state index contributed by atoms with van der Waals surface area (Å²) in [6.07, 6.45) is 0.900. The Morgan fingerprint density at radius 1 is 1.04 bits per heavy atom. The smallest absolute Gasteiger partial charge is 0.188 e. The highest BCUT2D eigenvalue weighted by Crippen LogP contribution is 2.14. The summed E-state index contributed by atoms with van der Waals surface area (Å²) in [5.41, 5.74) is 8.23. The Hall–Kier alpha value is -1.76. The van der Waals surface area contributed by atoms with Crippen LogP contribution in [0, 0.1) is 5.92 Å². The molecule has 2 rings (SSSR count). The number of nitrogens with one attached hydrogen (secondary N) is 1. The molecule has 0 bridgehead atoms. The summed E-state index contributed by atoms with van der Waals surface area (Å²) in [6, 6.07) is 18.4. The second-order valence-corrected chi connectivity index (χ2v) is 6.21. The first-order chi connectivity index (χ1) is 11.6. The Balaban J connectivity index is 0.00000312. The van der Waals surface area contributed by atoms with E-state index in [0.717, 1.165) is 25.3 Å². The molecule has 0 amide bonds. The van der Waals surface area contributed by atoms with Gasteiger partial charge in [-0.25, -0.2) is 0 Å². The van der Waals surface area contributed by atoms with Gasteiger partial charge in [0.25, 0.3) is 0 Å². The zero-order valence-electron chi connectivity index (χ0n) is 14.9. The van der Waals surface area contributed by atoms with Crippen molar-refractivity contribution in [3.63, 3.8) is 0 Å². The molecule has 3 N–H and O–H groups in total. The quantitative estimate of drug-likeness (QED) is 0.361. The van der Waals surface area contributed by atoms with Crippen LogP contribution in [0.4, 0.5) is 0 Å². The molecule has 5 heteroatoms. The van der Waals surface area contributed by atoms with Crippen LogP contribution in [-0.4, -0.2) is 19.0 Å². The maximum atomic E-state index is 5.82. The highest BCUT2D eigenvalue weighted by molar-refractivity contribution is 14.0. The molecule has 0 radical (unpaired) electrons. The molecule has 2 aromatic carbocycles. The van der Waals surface area contributed by atoms with Gasteiger partial charge in [0, 0.05) is 13.1 Å². The average Bonchev–Trinajstić information content (AvgIpc) is 2.60. The lowest BCUT2D eigenvalue weighted by Gasteiger charge is -2.09. The third kappa shape index (κ3) is 8.77. The van der Waals surface area contributed by atoms with E-state index in [2.05, 4.69) is 48.4 Å². The minimum Gasteiger partial charge on any atom is -0.489 e. The van der Waals surface area contributed by atoms with Crippen molar-refractivity contribution in [2.45, 2.75) is 26.9 Å². The first-order valence-corrected chi connectivity index (χ1v) is 8.43. The number of guanidine groups is 1. The van der Waals surface area contributed by atoms with Gasteiger partial charge in [0.2, 0.25) is 0 Å². The maximum Gasteiger partial charge on any atom is 0.188 e. The SMILES string of the molecule is CC(C)CN=C(N)NCCc1ccc(OCc2ccccc2)cc1.I. The van der Waals surface area contributed by atoms with Crippen molar-refractivity contribution < 1.29 is 4.74 Å². The molecule has 0 unspecified atom stereocenters. The number of nitrogens with two attached hydrogens (primary N) is 1. The highest BCUT2D eigenvalue weighted by atomic mass is 127. The average molecular weight is 453 g/mol. The molecule has 0 aliphatic rings. The molecule has 0 saturated heterocycles. The van der Waals surface area contributed by atoms with Crippen molar-refractivity contribution in [1.29, 1.82) is 0 Å². The monoisotopic (exact) mass is 453 g/mol. The molecule has 0 aliphatic carbocycles. The van der Waals surface area contributed by atoms with Gasteiger partial charge in [-0.1, -0.05) is 56.3 Å². The molecular formula is C20H28IN3O. The van der Waals surface area contributed by atoms with E-state index in [4.69, 9.17) is 10.5 Å². The molecule has 0 spiro atoms. The van der Waals surface area contributed by atoms with E-state index < -0.39 is 0 Å². The van der Waals surface area contributed by atoms with Gasteiger partial charge in [-0.05, 0) is 35.6 Å². The van der Waals surface area contributed by atoms with E-state index in [1.165, 1.54) is 11.1 Å². The van der Waals surface area contributed by atoms with Crippen LogP contribution in [0.5, 0.6) is 5.75 Å². The molecule has 4 nitrogen and oxygen atoms in total. The second-order valence-electron chi connectivity index (χ2n) is 6.21. The van der Waals surface area contributed by atoms with E-state index in [1.807, 2.05) is 30.3 Å². The molecule has 25 heavy (non-hydrogen) atoms. The zero-order chi connectivity index (χ0) is 17.2. The number of hydrogen-bond acceptors (Lipinski definition) is 2. The van der Waals surface area contributed by atoms with Crippen LogP contribution in [0.2, 0.25) is 0 Å². The van der Waals surface area contributed by atoms with Crippen LogP contribution in [0.25, 0.3) is 0 Å². The van der Waals surface area contributed by atoms with Crippen LogP contribution in [-0.2, 0) is 13.0 Å². The third-order valence-corrected chi connectivity index (χ3v) is 3.52. The summed E-state index contributed by atoms with van der Waals surface area (Å²) in [6.45, 7) is 6.37. The van der Waals surface area contributed by atoms with Crippen molar-refractivity contribution in [1.82, 2.24) is 5.32 Å². The Labute approximate surface area is 167 Å². The Morgan fingerprint density at radius 3 is 2.36 bits per heavy atom. The lowest BCUT2D eigenvalue weighted by molar-refractivity contribution is 0.306. The predicted octanol–water partition coefficient (Wildman–Crippen LogP) is 3.99. The predicted molar refractivity (Wildman–Crippen MR) is 116 cm³/mol. The maximum absolute atomic E-state index is 5.82. The van der Waals surface area contributed by atoms with Crippen molar-refractivity contribution >= 4 is 29.9 Å². The molecular weight excluding hydrogens is 425 g/mol. The van der Waals surface area contributed by atoms with Gasteiger partial charge in [0.1, 0.15) is 12.4 Å². The topological polar surface area (TPSA) is 59.6 Å². The molecule has 0 atom stereocenters. The summed E-state index contributed by atoms with van der Waals surface area (Å²) < 4.78 is 5.79. The van der Waals surface area contributed by atoms with Crippen molar-refractivity contribution in [3.8, 4) is 5.75 Å². The number of benzene rings is 2. The van der Waals surface area contributed by atoms with E-state index >= 15 is 0 Å². The summed E-state index contributed by atoms with van der Waals surface area (Å²) >= 11 is 0. The summed E-state index contributed by atoms with van der Waals surface area (Å²) in [5.74, 6) is 1.92. The molecule has 0 heterocycles. The van der Waals surface area contributed by atoms with Crippen LogP contribution in [0.1, 0.15) is 25.0 Å². The van der Waals surface area contributed by atoms with E-state index in [-0.39, 0.29) is 24.0 Å². The number of halogens is 1. The molecule has 0 aromatic heterocycles. The number of nitrogens with zero attached hydrogens (tertiary/aromatic N) is 1. The Bertz CT molecular complexity index is 627. The first-order valence-electron chi connectivity index (χ1n) is 8.43. The van der Waals surface area contributed by atoms with Crippen LogP contribution < -0.4 is 15.8 Å². The molecule has 0 saturated carbocycles. The van der Waals surface area contributed by atoms with Gasteiger partial charge in [-0.15, -0.1) is 24.0 Å². The third-order valence-electron chi connectivity index (χ3n) is 3.52. The summed E-state index contributed by atoms with van der Waals surface area (Å²) in [5, 5.41) is 3.14. The highest BCUT2D eigenvalue weighted by Gasteiger charge is 1.99. The normalized spacial score (nSPS) is 11.1.